The first-order chi connectivity index (χ1) is 11.8. The molecule has 0 spiro atoms. The van der Waals surface area contributed by atoms with Crippen LogP contribution in [0.15, 0.2) is 17.5 Å². The van der Waals surface area contributed by atoms with Crippen LogP contribution in [0.1, 0.15) is 32.0 Å². The van der Waals surface area contributed by atoms with Crippen molar-refractivity contribution in [2.75, 3.05) is 17.2 Å². The van der Waals surface area contributed by atoms with E-state index in [1.165, 1.54) is 11.3 Å². The molecule has 0 unspecified atom stereocenters. The number of fused-ring (bicyclic) bond motifs is 1. The molecule has 3 amide bonds. The van der Waals surface area contributed by atoms with Crippen LogP contribution in [0.2, 0.25) is 0 Å². The Labute approximate surface area is 149 Å². The Kier molecular flexibility index (Phi) is 4.67. The van der Waals surface area contributed by atoms with Crippen molar-refractivity contribution in [2.24, 2.45) is 0 Å². The third-order valence-electron chi connectivity index (χ3n) is 3.58. The number of aromatic amines is 1. The van der Waals surface area contributed by atoms with Crippen molar-refractivity contribution in [3.05, 3.63) is 28.8 Å². The number of ether oxygens (including phenoxy) is 1. The maximum Gasteiger partial charge on any atom is 0.410 e. The molecule has 0 atom stereocenters. The maximum absolute atomic E-state index is 12.3. The van der Waals surface area contributed by atoms with Gasteiger partial charge in [-0.15, -0.1) is 11.3 Å². The Balaban J connectivity index is 1.66. The van der Waals surface area contributed by atoms with Crippen LogP contribution >= 0.6 is 11.3 Å². The first-order valence-corrected chi connectivity index (χ1v) is 8.85. The van der Waals surface area contributed by atoms with E-state index in [0.29, 0.717) is 25.3 Å². The zero-order valence-corrected chi connectivity index (χ0v) is 15.2. The molecule has 0 radical (unpaired) electrons. The van der Waals surface area contributed by atoms with Gasteiger partial charge in [-0.05, 0) is 38.3 Å². The fourth-order valence-corrected chi connectivity index (χ4v) is 3.09. The van der Waals surface area contributed by atoms with Crippen LogP contribution in [-0.4, -0.2) is 39.4 Å². The molecule has 3 heterocycles. The zero-order valence-electron chi connectivity index (χ0n) is 14.4. The summed E-state index contributed by atoms with van der Waals surface area (Å²) >= 11 is 1.43. The van der Waals surface area contributed by atoms with Gasteiger partial charge in [0.15, 0.2) is 5.82 Å². The Bertz CT molecular complexity index is 763. The number of carbonyl (C=O) groups excluding carboxylic acids is 2. The van der Waals surface area contributed by atoms with E-state index in [1.54, 1.807) is 4.90 Å². The van der Waals surface area contributed by atoms with E-state index in [0.717, 1.165) is 16.3 Å². The average molecular weight is 363 g/mol. The molecule has 9 heteroatoms. The fourth-order valence-electron chi connectivity index (χ4n) is 2.48. The lowest BCUT2D eigenvalue weighted by atomic mass is 10.1. The summed E-state index contributed by atoms with van der Waals surface area (Å²) in [4.78, 5) is 26.0. The number of nitrogens with one attached hydrogen (secondary N) is 3. The Morgan fingerprint density at radius 1 is 1.36 bits per heavy atom. The quantitative estimate of drug-likeness (QED) is 0.761. The number of hydrogen-bond acceptors (Lipinski definition) is 5. The van der Waals surface area contributed by atoms with Crippen molar-refractivity contribution >= 4 is 34.3 Å². The highest BCUT2D eigenvalue weighted by molar-refractivity contribution is 7.14. The number of rotatable bonds is 2. The lowest BCUT2D eigenvalue weighted by Crippen LogP contribution is -2.40. The van der Waals surface area contributed by atoms with Gasteiger partial charge in [0, 0.05) is 24.2 Å². The third kappa shape index (κ3) is 4.30. The lowest BCUT2D eigenvalue weighted by molar-refractivity contribution is 0.0224. The van der Waals surface area contributed by atoms with E-state index in [2.05, 4.69) is 20.8 Å². The monoisotopic (exact) mass is 363 g/mol. The molecule has 0 fully saturated rings. The average Bonchev–Trinajstić information content (AvgIpc) is 3.15. The third-order valence-corrected chi connectivity index (χ3v) is 4.36. The molecule has 0 saturated heterocycles. The van der Waals surface area contributed by atoms with E-state index in [9.17, 15) is 9.59 Å². The summed E-state index contributed by atoms with van der Waals surface area (Å²) in [5.74, 6) is 0.428. The second-order valence-electron chi connectivity index (χ2n) is 6.74. The fraction of sp³-hybridized carbons (Fsp3) is 0.438. The Hall–Kier alpha value is -2.55. The van der Waals surface area contributed by atoms with Crippen molar-refractivity contribution in [1.82, 2.24) is 15.1 Å². The second kappa shape index (κ2) is 6.75. The summed E-state index contributed by atoms with van der Waals surface area (Å²) < 4.78 is 5.42. The molecule has 0 aliphatic carbocycles. The van der Waals surface area contributed by atoms with E-state index in [-0.39, 0.29) is 12.1 Å². The summed E-state index contributed by atoms with van der Waals surface area (Å²) in [7, 11) is 0. The molecule has 3 N–H and O–H groups in total. The highest BCUT2D eigenvalue weighted by atomic mass is 32.1. The Morgan fingerprint density at radius 2 is 2.16 bits per heavy atom. The lowest BCUT2D eigenvalue weighted by Gasteiger charge is -2.30. The molecule has 0 aromatic carbocycles. The van der Waals surface area contributed by atoms with Crippen molar-refractivity contribution in [1.29, 1.82) is 0 Å². The summed E-state index contributed by atoms with van der Waals surface area (Å²) in [6, 6.07) is 3.30. The summed E-state index contributed by atoms with van der Waals surface area (Å²) in [5, 5.41) is 15.2. The van der Waals surface area contributed by atoms with Gasteiger partial charge in [0.2, 0.25) is 0 Å². The van der Waals surface area contributed by atoms with Gasteiger partial charge < -0.3 is 9.64 Å². The van der Waals surface area contributed by atoms with Gasteiger partial charge in [0.05, 0.1) is 11.5 Å². The number of anilines is 2. The minimum Gasteiger partial charge on any atom is -0.444 e. The van der Waals surface area contributed by atoms with Crippen LogP contribution in [-0.2, 0) is 17.7 Å². The number of urea groups is 1. The number of nitrogens with zero attached hydrogens (tertiary/aromatic N) is 2. The largest absolute Gasteiger partial charge is 0.444 e. The first kappa shape index (κ1) is 17.3. The maximum atomic E-state index is 12.3. The summed E-state index contributed by atoms with van der Waals surface area (Å²) in [6.45, 7) is 6.39. The van der Waals surface area contributed by atoms with Crippen LogP contribution in [0, 0.1) is 0 Å². The molecule has 0 bridgehead atoms. The van der Waals surface area contributed by atoms with Crippen LogP contribution in [0.25, 0.3) is 0 Å². The Morgan fingerprint density at radius 3 is 2.84 bits per heavy atom. The molecule has 1 aliphatic heterocycles. The smallest absolute Gasteiger partial charge is 0.410 e. The highest BCUT2D eigenvalue weighted by Crippen LogP contribution is 2.25. The van der Waals surface area contributed by atoms with Crippen molar-refractivity contribution < 1.29 is 14.3 Å². The van der Waals surface area contributed by atoms with Crippen LogP contribution in [0.5, 0.6) is 0 Å². The normalized spacial score (nSPS) is 14.0. The number of aromatic nitrogens is 2. The summed E-state index contributed by atoms with van der Waals surface area (Å²) in [6.07, 6.45) is 0.267. The molecule has 8 nitrogen and oxygen atoms in total. The number of carbonyl (C=O) groups is 2. The van der Waals surface area contributed by atoms with Gasteiger partial charge in [-0.2, -0.15) is 5.10 Å². The zero-order chi connectivity index (χ0) is 18.0. The van der Waals surface area contributed by atoms with Gasteiger partial charge >= 0.3 is 12.1 Å². The van der Waals surface area contributed by atoms with E-state index in [1.807, 2.05) is 38.3 Å². The predicted molar refractivity (Wildman–Crippen MR) is 95.9 cm³/mol. The van der Waals surface area contributed by atoms with E-state index in [4.69, 9.17) is 4.74 Å². The molecular formula is C16H21N5O3S. The van der Waals surface area contributed by atoms with Crippen molar-refractivity contribution in [2.45, 2.75) is 39.3 Å². The van der Waals surface area contributed by atoms with Crippen molar-refractivity contribution in [3.8, 4) is 0 Å². The topological polar surface area (TPSA) is 99.3 Å². The molecular weight excluding hydrogens is 342 g/mol. The van der Waals surface area contributed by atoms with Crippen LogP contribution in [0.4, 0.5) is 20.4 Å². The van der Waals surface area contributed by atoms with Crippen LogP contribution in [0.3, 0.4) is 0 Å². The summed E-state index contributed by atoms with van der Waals surface area (Å²) in [5.41, 5.74) is 1.18. The number of hydrogen-bond donors (Lipinski definition) is 3. The number of H-pyrrole nitrogens is 1. The molecule has 134 valence electrons. The second-order valence-corrected chi connectivity index (χ2v) is 7.69. The molecule has 0 saturated carbocycles. The minimum atomic E-state index is -0.546. The molecule has 1 aliphatic rings. The molecule has 2 aromatic rings. The van der Waals surface area contributed by atoms with Gasteiger partial charge in [-0.3, -0.25) is 15.7 Å². The predicted octanol–water partition coefficient (Wildman–Crippen LogP) is 3.41. The molecule has 25 heavy (non-hydrogen) atoms. The van der Waals surface area contributed by atoms with Crippen LogP contribution < -0.4 is 10.6 Å². The van der Waals surface area contributed by atoms with Gasteiger partial charge in [0.1, 0.15) is 5.60 Å². The van der Waals surface area contributed by atoms with Crippen molar-refractivity contribution in [3.63, 3.8) is 0 Å². The SMILES string of the molecule is CC(C)(C)OC(=O)N1CCc2[nH]nc(NC(=O)Nc3cccs3)c2C1. The van der Waals surface area contributed by atoms with Gasteiger partial charge in [-0.25, -0.2) is 9.59 Å². The molecule has 3 rings (SSSR count). The van der Waals surface area contributed by atoms with E-state index >= 15 is 0 Å². The van der Waals surface area contributed by atoms with Gasteiger partial charge in [0.25, 0.3) is 0 Å². The number of thiophene rings is 1. The molecule has 2 aromatic heterocycles. The number of amides is 3. The first-order valence-electron chi connectivity index (χ1n) is 7.97. The minimum absolute atomic E-state index is 0.343. The van der Waals surface area contributed by atoms with Gasteiger partial charge in [-0.1, -0.05) is 0 Å². The highest BCUT2D eigenvalue weighted by Gasteiger charge is 2.29. The standard InChI is InChI=1S/C16H21N5O3S/c1-16(2,3)24-15(23)21-7-6-11-10(9-21)13(20-19-11)18-14(22)17-12-5-4-8-25-12/h4-5,8H,6-7,9H2,1-3H3,(H3,17,18,19,20,22). The van der Waals surface area contributed by atoms with E-state index < -0.39 is 5.60 Å².